The van der Waals surface area contributed by atoms with Crippen LogP contribution in [-0.4, -0.2) is 22.8 Å². The van der Waals surface area contributed by atoms with Gasteiger partial charge in [-0.15, -0.1) is 11.8 Å². The zero-order valence-corrected chi connectivity index (χ0v) is 15.2. The van der Waals surface area contributed by atoms with E-state index in [9.17, 15) is 9.59 Å². The van der Waals surface area contributed by atoms with Gasteiger partial charge in [-0.05, 0) is 36.4 Å². The van der Waals surface area contributed by atoms with E-state index in [4.69, 9.17) is 14.3 Å². The van der Waals surface area contributed by atoms with Crippen molar-refractivity contribution in [2.24, 2.45) is 0 Å². The van der Waals surface area contributed by atoms with E-state index in [2.05, 4.69) is 0 Å². The van der Waals surface area contributed by atoms with Crippen LogP contribution in [0.3, 0.4) is 0 Å². The third-order valence-corrected chi connectivity index (χ3v) is 4.81. The Morgan fingerprint density at radius 1 is 1.19 bits per heavy atom. The Morgan fingerprint density at radius 2 is 1.96 bits per heavy atom. The summed E-state index contributed by atoms with van der Waals surface area (Å²) in [5.74, 6) is -0.471. The number of fused-ring (bicyclic) bond motifs is 1. The topological polar surface area (TPSA) is 76.7 Å². The fourth-order valence-corrected chi connectivity index (χ4v) is 3.30. The van der Waals surface area contributed by atoms with Crippen molar-refractivity contribution in [2.45, 2.75) is 18.8 Å². The van der Waals surface area contributed by atoms with Crippen LogP contribution in [0.2, 0.25) is 0 Å². The molecule has 1 unspecified atom stereocenters. The van der Waals surface area contributed by atoms with Crippen molar-refractivity contribution in [1.29, 1.82) is 0 Å². The minimum atomic E-state index is -0.932. The predicted molar refractivity (Wildman–Crippen MR) is 103 cm³/mol. The number of thioether (sulfide) groups is 1. The molecule has 0 radical (unpaired) electrons. The maximum absolute atomic E-state index is 12.0. The average molecular weight is 370 g/mol. The van der Waals surface area contributed by atoms with Crippen molar-refractivity contribution in [3.05, 3.63) is 64.5 Å². The fourth-order valence-electron chi connectivity index (χ4n) is 2.78. The van der Waals surface area contributed by atoms with Crippen LogP contribution in [0.25, 0.3) is 22.1 Å². The van der Waals surface area contributed by atoms with Gasteiger partial charge < -0.3 is 14.3 Å². The van der Waals surface area contributed by atoms with Gasteiger partial charge in [-0.25, -0.2) is 4.79 Å². The Hall–Kier alpha value is -2.73. The van der Waals surface area contributed by atoms with E-state index in [0.29, 0.717) is 11.3 Å². The Labute approximate surface area is 154 Å². The Bertz CT molecular complexity index is 1010. The molecule has 1 aromatic heterocycles. The van der Waals surface area contributed by atoms with Crippen LogP contribution in [0, 0.1) is 6.92 Å². The van der Waals surface area contributed by atoms with Gasteiger partial charge in [0.25, 0.3) is 0 Å². The molecule has 6 heteroatoms. The van der Waals surface area contributed by atoms with E-state index in [-0.39, 0.29) is 6.42 Å². The largest absolute Gasteiger partial charge is 0.481 e. The standard InChI is InChI=1S/C20H18O5S/c1-12-5-3-4-6-14(12)16-10-19(23)25-17-9-13(7-8-15(16)17)24-20(26-2)11-18(21)22/h3-10,20H,11H2,1-2H3,(H,21,22). The second kappa shape index (κ2) is 7.66. The zero-order chi connectivity index (χ0) is 18.7. The molecule has 0 spiro atoms. The molecular formula is C20H18O5S. The van der Waals surface area contributed by atoms with Crippen LogP contribution in [0.15, 0.2) is 57.7 Å². The van der Waals surface area contributed by atoms with Crippen LogP contribution in [-0.2, 0) is 4.79 Å². The number of carbonyl (C=O) groups is 1. The molecule has 0 bridgehead atoms. The number of benzene rings is 2. The normalized spacial score (nSPS) is 12.1. The molecule has 26 heavy (non-hydrogen) atoms. The molecule has 0 amide bonds. The van der Waals surface area contributed by atoms with Gasteiger partial charge in [-0.2, -0.15) is 0 Å². The van der Waals surface area contributed by atoms with E-state index in [1.165, 1.54) is 17.8 Å². The summed E-state index contributed by atoms with van der Waals surface area (Å²) >= 11 is 1.31. The molecule has 1 atom stereocenters. The summed E-state index contributed by atoms with van der Waals surface area (Å²) in [5.41, 5.74) is 2.27. The lowest BCUT2D eigenvalue weighted by atomic mass is 9.98. The summed E-state index contributed by atoms with van der Waals surface area (Å²) in [5, 5.41) is 9.73. The molecule has 0 saturated heterocycles. The zero-order valence-electron chi connectivity index (χ0n) is 14.4. The van der Waals surface area contributed by atoms with Crippen molar-refractivity contribution in [2.75, 3.05) is 6.26 Å². The Kier molecular flexibility index (Phi) is 5.32. The van der Waals surface area contributed by atoms with E-state index in [1.807, 2.05) is 37.3 Å². The summed E-state index contributed by atoms with van der Waals surface area (Å²) in [4.78, 5) is 22.9. The van der Waals surface area contributed by atoms with Crippen LogP contribution >= 0.6 is 11.8 Å². The van der Waals surface area contributed by atoms with Gasteiger partial charge in [0.2, 0.25) is 0 Å². The molecule has 3 rings (SSSR count). The number of aryl methyl sites for hydroxylation is 1. The molecule has 2 aromatic carbocycles. The van der Waals surface area contributed by atoms with Gasteiger partial charge in [-0.1, -0.05) is 24.3 Å². The maximum atomic E-state index is 12.0. The first-order chi connectivity index (χ1) is 12.5. The molecule has 3 aromatic rings. The molecular weight excluding hydrogens is 352 g/mol. The maximum Gasteiger partial charge on any atom is 0.336 e. The van der Waals surface area contributed by atoms with Gasteiger partial charge in [-0.3, -0.25) is 4.79 Å². The first-order valence-electron chi connectivity index (χ1n) is 8.03. The van der Waals surface area contributed by atoms with Gasteiger partial charge in [0.05, 0.1) is 6.42 Å². The summed E-state index contributed by atoms with van der Waals surface area (Å²) in [7, 11) is 0. The van der Waals surface area contributed by atoms with E-state index in [1.54, 1.807) is 18.4 Å². The van der Waals surface area contributed by atoms with E-state index >= 15 is 0 Å². The lowest BCUT2D eigenvalue weighted by Gasteiger charge is -2.15. The SMILES string of the molecule is CSC(CC(=O)O)Oc1ccc2c(-c3ccccc3C)cc(=O)oc2c1. The number of hydrogen-bond acceptors (Lipinski definition) is 5. The third-order valence-electron chi connectivity index (χ3n) is 4.02. The summed E-state index contributed by atoms with van der Waals surface area (Å²) in [6.07, 6.45) is 1.66. The number of aliphatic carboxylic acids is 1. The molecule has 0 aliphatic carbocycles. The smallest absolute Gasteiger partial charge is 0.336 e. The van der Waals surface area contributed by atoms with Crippen LogP contribution < -0.4 is 10.4 Å². The fraction of sp³-hybridized carbons (Fsp3) is 0.200. The first kappa shape index (κ1) is 18.1. The lowest BCUT2D eigenvalue weighted by Crippen LogP contribution is -2.16. The van der Waals surface area contributed by atoms with Crippen molar-refractivity contribution in [3.8, 4) is 16.9 Å². The number of rotatable bonds is 6. The highest BCUT2D eigenvalue weighted by atomic mass is 32.2. The van der Waals surface area contributed by atoms with Crippen molar-refractivity contribution < 1.29 is 19.1 Å². The van der Waals surface area contributed by atoms with E-state index in [0.717, 1.165) is 22.1 Å². The van der Waals surface area contributed by atoms with Crippen molar-refractivity contribution in [1.82, 2.24) is 0 Å². The molecule has 5 nitrogen and oxygen atoms in total. The average Bonchev–Trinajstić information content (AvgIpc) is 2.60. The number of carboxylic acid groups (broad SMARTS) is 1. The number of hydrogen-bond donors (Lipinski definition) is 1. The molecule has 1 N–H and O–H groups in total. The highest BCUT2D eigenvalue weighted by Crippen LogP contribution is 2.32. The van der Waals surface area contributed by atoms with Gasteiger partial charge in [0, 0.05) is 23.1 Å². The van der Waals surface area contributed by atoms with Crippen LogP contribution in [0.1, 0.15) is 12.0 Å². The van der Waals surface area contributed by atoms with Crippen molar-refractivity contribution >= 4 is 28.7 Å². The van der Waals surface area contributed by atoms with Crippen molar-refractivity contribution in [3.63, 3.8) is 0 Å². The van der Waals surface area contributed by atoms with Gasteiger partial charge >= 0.3 is 11.6 Å². The second-order valence-corrected chi connectivity index (χ2v) is 6.83. The molecule has 0 aliphatic rings. The van der Waals surface area contributed by atoms with E-state index < -0.39 is 17.0 Å². The molecule has 0 saturated carbocycles. The first-order valence-corrected chi connectivity index (χ1v) is 9.32. The molecule has 0 aliphatic heterocycles. The summed E-state index contributed by atoms with van der Waals surface area (Å²) in [6.45, 7) is 1.99. The monoisotopic (exact) mass is 370 g/mol. The summed E-state index contributed by atoms with van der Waals surface area (Å²) < 4.78 is 11.1. The van der Waals surface area contributed by atoms with Gasteiger partial charge in [0.1, 0.15) is 11.3 Å². The molecule has 0 fully saturated rings. The lowest BCUT2D eigenvalue weighted by molar-refractivity contribution is -0.137. The third kappa shape index (κ3) is 3.91. The minimum absolute atomic E-state index is 0.119. The molecule has 1 heterocycles. The highest BCUT2D eigenvalue weighted by molar-refractivity contribution is 7.99. The Morgan fingerprint density at radius 3 is 2.65 bits per heavy atom. The Balaban J connectivity index is 2.05. The number of carboxylic acids is 1. The second-order valence-electron chi connectivity index (χ2n) is 5.83. The van der Waals surface area contributed by atoms with Gasteiger partial charge in [0.15, 0.2) is 5.44 Å². The molecule has 134 valence electrons. The minimum Gasteiger partial charge on any atom is -0.481 e. The van der Waals surface area contributed by atoms with Crippen LogP contribution in [0.5, 0.6) is 5.75 Å². The number of ether oxygens (including phenoxy) is 1. The van der Waals surface area contributed by atoms with Crippen LogP contribution in [0.4, 0.5) is 0 Å². The summed E-state index contributed by atoms with van der Waals surface area (Å²) in [6, 6.07) is 14.5. The predicted octanol–water partition coefficient (Wildman–Crippen LogP) is 4.31. The quantitative estimate of drug-likeness (QED) is 0.515. The highest BCUT2D eigenvalue weighted by Gasteiger charge is 2.15.